The molecule has 178 valence electrons. The number of benzene rings is 3. The standard InChI is InChI=1S/C27H25N3O5/c1-18-7-9-21(10-8-18)16-29-26(32)23-5-3-4-6-24(23)30-25(31)17-34-27(33)19(2)35-22-13-11-20(15-28)12-14-22/h3-14,19H,16-17H2,1-2H3,(H,29,32)(H,30,31). The summed E-state index contributed by atoms with van der Waals surface area (Å²) in [4.78, 5) is 37.2. The molecule has 35 heavy (non-hydrogen) atoms. The SMILES string of the molecule is Cc1ccc(CNC(=O)c2ccccc2NC(=O)COC(=O)C(C)Oc2ccc(C#N)cc2)cc1. The average Bonchev–Trinajstić information content (AvgIpc) is 2.87. The van der Waals surface area contributed by atoms with Crippen LogP contribution in [0, 0.1) is 18.3 Å². The lowest BCUT2D eigenvalue weighted by Gasteiger charge is -2.15. The summed E-state index contributed by atoms with van der Waals surface area (Å²) in [5, 5.41) is 14.3. The third-order valence-electron chi connectivity index (χ3n) is 4.99. The Bertz CT molecular complexity index is 1230. The van der Waals surface area contributed by atoms with Gasteiger partial charge in [-0.15, -0.1) is 0 Å². The maximum Gasteiger partial charge on any atom is 0.347 e. The zero-order valence-electron chi connectivity index (χ0n) is 19.4. The first-order valence-electron chi connectivity index (χ1n) is 10.9. The Labute approximate surface area is 203 Å². The van der Waals surface area contributed by atoms with Crippen molar-refractivity contribution < 1.29 is 23.9 Å². The van der Waals surface area contributed by atoms with E-state index < -0.39 is 24.6 Å². The Balaban J connectivity index is 1.51. The molecular weight excluding hydrogens is 446 g/mol. The van der Waals surface area contributed by atoms with Crippen LogP contribution in [0.5, 0.6) is 5.75 Å². The van der Waals surface area contributed by atoms with Gasteiger partial charge in [0.25, 0.3) is 11.8 Å². The normalized spacial score (nSPS) is 11.0. The Hall–Kier alpha value is -4.64. The molecule has 8 nitrogen and oxygen atoms in total. The van der Waals surface area contributed by atoms with Gasteiger partial charge in [0.2, 0.25) is 0 Å². The molecule has 0 fully saturated rings. The van der Waals surface area contributed by atoms with Crippen molar-refractivity contribution in [3.8, 4) is 11.8 Å². The smallest absolute Gasteiger partial charge is 0.347 e. The molecule has 0 radical (unpaired) electrons. The number of esters is 1. The van der Waals surface area contributed by atoms with Gasteiger partial charge in [-0.1, -0.05) is 42.0 Å². The Morgan fingerprint density at radius 1 is 0.971 bits per heavy atom. The highest BCUT2D eigenvalue weighted by Crippen LogP contribution is 2.16. The molecule has 3 aromatic carbocycles. The van der Waals surface area contributed by atoms with Crippen LogP contribution in [0.25, 0.3) is 0 Å². The highest BCUT2D eigenvalue weighted by Gasteiger charge is 2.19. The van der Waals surface area contributed by atoms with Crippen LogP contribution >= 0.6 is 0 Å². The van der Waals surface area contributed by atoms with Crippen LogP contribution < -0.4 is 15.4 Å². The maximum absolute atomic E-state index is 12.7. The number of aryl methyl sites for hydroxylation is 1. The van der Waals surface area contributed by atoms with E-state index in [4.69, 9.17) is 14.7 Å². The van der Waals surface area contributed by atoms with E-state index in [0.717, 1.165) is 11.1 Å². The van der Waals surface area contributed by atoms with Crippen LogP contribution in [0.4, 0.5) is 5.69 Å². The molecule has 1 unspecified atom stereocenters. The van der Waals surface area contributed by atoms with Crippen LogP contribution in [-0.4, -0.2) is 30.5 Å². The van der Waals surface area contributed by atoms with Gasteiger partial charge in [-0.3, -0.25) is 9.59 Å². The van der Waals surface area contributed by atoms with E-state index in [0.29, 0.717) is 23.5 Å². The molecule has 0 spiro atoms. The summed E-state index contributed by atoms with van der Waals surface area (Å²) in [6.07, 6.45) is -0.962. The van der Waals surface area contributed by atoms with Crippen molar-refractivity contribution in [2.24, 2.45) is 0 Å². The quantitative estimate of drug-likeness (QED) is 0.459. The van der Waals surface area contributed by atoms with Crippen LogP contribution in [-0.2, 0) is 20.9 Å². The van der Waals surface area contributed by atoms with Crippen molar-refractivity contribution in [3.05, 3.63) is 95.1 Å². The molecule has 2 amide bonds. The van der Waals surface area contributed by atoms with E-state index in [2.05, 4.69) is 10.6 Å². The second-order valence-corrected chi connectivity index (χ2v) is 7.77. The number of amides is 2. The average molecular weight is 472 g/mol. The Morgan fingerprint density at radius 2 is 1.66 bits per heavy atom. The summed E-state index contributed by atoms with van der Waals surface area (Å²) in [6, 6.07) is 22.6. The first-order valence-corrected chi connectivity index (χ1v) is 10.9. The zero-order valence-corrected chi connectivity index (χ0v) is 19.4. The van der Waals surface area contributed by atoms with Crippen molar-refractivity contribution in [3.63, 3.8) is 0 Å². The number of rotatable bonds is 9. The summed E-state index contributed by atoms with van der Waals surface area (Å²) in [6.45, 7) is 3.28. The van der Waals surface area contributed by atoms with Gasteiger partial charge in [0.05, 0.1) is 22.9 Å². The fourth-order valence-electron chi connectivity index (χ4n) is 3.07. The highest BCUT2D eigenvalue weighted by atomic mass is 16.6. The molecule has 0 saturated heterocycles. The van der Waals surface area contributed by atoms with Gasteiger partial charge < -0.3 is 20.1 Å². The molecule has 1 atom stereocenters. The minimum absolute atomic E-state index is 0.289. The molecule has 8 heteroatoms. The molecule has 0 aromatic heterocycles. The van der Waals surface area contributed by atoms with Crippen LogP contribution in [0.15, 0.2) is 72.8 Å². The molecule has 3 rings (SSSR count). The second-order valence-electron chi connectivity index (χ2n) is 7.77. The van der Waals surface area contributed by atoms with Gasteiger partial charge >= 0.3 is 5.97 Å². The van der Waals surface area contributed by atoms with Gasteiger partial charge in [-0.2, -0.15) is 5.26 Å². The number of nitrogens with zero attached hydrogens (tertiary/aromatic N) is 1. The van der Waals surface area contributed by atoms with Crippen molar-refractivity contribution >= 4 is 23.5 Å². The molecule has 0 aliphatic heterocycles. The van der Waals surface area contributed by atoms with Crippen LogP contribution in [0.2, 0.25) is 0 Å². The number of hydrogen-bond donors (Lipinski definition) is 2. The molecule has 0 aliphatic carbocycles. The lowest BCUT2D eigenvalue weighted by Crippen LogP contribution is -2.30. The molecule has 0 bridgehead atoms. The molecule has 2 N–H and O–H groups in total. The van der Waals surface area contributed by atoms with E-state index in [1.165, 1.54) is 6.92 Å². The number of nitrogens with one attached hydrogen (secondary N) is 2. The summed E-state index contributed by atoms with van der Waals surface area (Å²) < 4.78 is 10.5. The van der Waals surface area contributed by atoms with Crippen LogP contribution in [0.3, 0.4) is 0 Å². The molecule has 0 heterocycles. The van der Waals surface area contributed by atoms with Gasteiger partial charge in [-0.25, -0.2) is 4.79 Å². The summed E-state index contributed by atoms with van der Waals surface area (Å²) >= 11 is 0. The number of carbonyl (C=O) groups excluding carboxylic acids is 3. The topological polar surface area (TPSA) is 118 Å². The van der Waals surface area contributed by atoms with E-state index in [1.54, 1.807) is 48.5 Å². The molecule has 0 saturated carbocycles. The predicted molar refractivity (Wildman–Crippen MR) is 130 cm³/mol. The van der Waals surface area contributed by atoms with E-state index in [9.17, 15) is 14.4 Å². The lowest BCUT2D eigenvalue weighted by molar-refractivity contribution is -0.153. The molecular formula is C27H25N3O5. The van der Waals surface area contributed by atoms with Crippen molar-refractivity contribution in [1.82, 2.24) is 5.32 Å². The number of carbonyl (C=O) groups is 3. The number of anilines is 1. The first-order chi connectivity index (χ1) is 16.9. The Kier molecular flexibility index (Phi) is 8.57. The summed E-state index contributed by atoms with van der Waals surface area (Å²) in [7, 11) is 0. The fourth-order valence-corrected chi connectivity index (χ4v) is 3.07. The monoisotopic (exact) mass is 471 g/mol. The Morgan fingerprint density at radius 3 is 2.34 bits per heavy atom. The van der Waals surface area contributed by atoms with Gasteiger partial charge in [0.15, 0.2) is 12.7 Å². The number of ether oxygens (including phenoxy) is 2. The largest absolute Gasteiger partial charge is 0.479 e. The fraction of sp³-hybridized carbons (Fsp3) is 0.185. The zero-order chi connectivity index (χ0) is 25.2. The maximum atomic E-state index is 12.7. The number of para-hydroxylation sites is 1. The highest BCUT2D eigenvalue weighted by molar-refractivity contribution is 6.04. The summed E-state index contributed by atoms with van der Waals surface area (Å²) in [5.41, 5.74) is 3.14. The van der Waals surface area contributed by atoms with Crippen molar-refractivity contribution in [1.29, 1.82) is 5.26 Å². The van der Waals surface area contributed by atoms with E-state index in [-0.39, 0.29) is 11.5 Å². The number of hydrogen-bond acceptors (Lipinski definition) is 6. The van der Waals surface area contributed by atoms with Gasteiger partial charge in [0.1, 0.15) is 5.75 Å². The van der Waals surface area contributed by atoms with E-state index in [1.807, 2.05) is 37.3 Å². The van der Waals surface area contributed by atoms with Crippen molar-refractivity contribution in [2.75, 3.05) is 11.9 Å². The van der Waals surface area contributed by atoms with Gasteiger partial charge in [-0.05, 0) is 55.8 Å². The third kappa shape index (κ3) is 7.44. The van der Waals surface area contributed by atoms with Crippen LogP contribution in [0.1, 0.15) is 34.0 Å². The minimum Gasteiger partial charge on any atom is -0.479 e. The molecule has 3 aromatic rings. The third-order valence-corrected chi connectivity index (χ3v) is 4.99. The lowest BCUT2D eigenvalue weighted by atomic mass is 10.1. The van der Waals surface area contributed by atoms with E-state index >= 15 is 0 Å². The van der Waals surface area contributed by atoms with Gasteiger partial charge in [0, 0.05) is 6.54 Å². The minimum atomic E-state index is -0.962. The van der Waals surface area contributed by atoms with Crippen molar-refractivity contribution in [2.45, 2.75) is 26.5 Å². The molecule has 0 aliphatic rings. The predicted octanol–water partition coefficient (Wildman–Crippen LogP) is 3.75. The second kappa shape index (κ2) is 12.0. The summed E-state index contributed by atoms with van der Waals surface area (Å²) in [5.74, 6) is -1.28. The number of nitriles is 1. The first kappa shape index (κ1) is 25.0.